The van der Waals surface area contributed by atoms with E-state index in [0.717, 1.165) is 40.7 Å². The fourth-order valence-electron chi connectivity index (χ4n) is 10.5. The van der Waals surface area contributed by atoms with E-state index < -0.39 is 34.4 Å². The zero-order valence-corrected chi connectivity index (χ0v) is 45.7. The third-order valence-corrected chi connectivity index (χ3v) is 15.9. The minimum Gasteiger partial charge on any atom is -0.390 e. The van der Waals surface area contributed by atoms with Crippen molar-refractivity contribution in [2.24, 2.45) is 5.92 Å². The van der Waals surface area contributed by atoms with Crippen molar-refractivity contribution in [3.05, 3.63) is 179 Å². The summed E-state index contributed by atoms with van der Waals surface area (Å²) in [7, 11) is -3.78. The molecule has 2 aliphatic heterocycles. The molecule has 1 saturated carbocycles. The van der Waals surface area contributed by atoms with Crippen LogP contribution in [-0.4, -0.2) is 79.5 Å². The molecule has 5 aromatic rings. The molecule has 0 amide bonds. The Morgan fingerprint density at radius 3 is 1.47 bits per heavy atom. The predicted octanol–water partition coefficient (Wildman–Crippen LogP) is 13.1. The van der Waals surface area contributed by atoms with Crippen molar-refractivity contribution in [1.29, 1.82) is 0 Å². The highest BCUT2D eigenvalue weighted by Gasteiger charge is 2.52. The molecule has 0 bridgehead atoms. The van der Waals surface area contributed by atoms with Crippen LogP contribution in [0.4, 0.5) is 0 Å². The van der Waals surface area contributed by atoms with Gasteiger partial charge in [0.25, 0.3) is 0 Å². The summed E-state index contributed by atoms with van der Waals surface area (Å²) in [5.41, 5.74) is 5.24. The number of rotatable bonds is 29. The maximum Gasteiger partial charge on any atom is 0.339 e. The smallest absolute Gasteiger partial charge is 0.339 e. The van der Waals surface area contributed by atoms with Gasteiger partial charge in [-0.25, -0.2) is 0 Å². The van der Waals surface area contributed by atoms with Gasteiger partial charge in [0.2, 0.25) is 0 Å². The first-order chi connectivity index (χ1) is 36.6. The lowest BCUT2D eigenvalue weighted by Gasteiger charge is -2.44. The molecule has 1 aliphatic carbocycles. The number of hydrogen-bond donors (Lipinski definition) is 1. The van der Waals surface area contributed by atoms with E-state index in [0.29, 0.717) is 39.5 Å². The highest BCUT2D eigenvalue weighted by atomic mass is 32.2. The molecule has 0 radical (unpaired) electrons. The Morgan fingerprint density at radius 2 is 0.973 bits per heavy atom. The number of benzene rings is 5. The standard InChI is InChI=1S/C35H38O5.C28H47NO5S/c36-32-21-31(26-37-22-27-13-5-1-6-14-27)33(38-23-28-15-7-2-8-16-28)35(40-25-30-19-11-4-12-20-30)34(32)39-24-29-17-9-3-10-18-29;1-4-5-6-7-8-9-10-11-12-13-14-18-21-26-27(34-28(2,3)33-26)25-23-32-35(30,31)29(25)22-24-19-16-15-17-20-24/h1-20,31-36H,21-26H2;15-17,19-20,25-27H,4-14,18,21-23H2,1-3H3/t31?,32-,33-,34?,35-;25-,26+,27-/m00/s1. The van der Waals surface area contributed by atoms with Gasteiger partial charge in [0, 0.05) is 12.5 Å². The van der Waals surface area contributed by atoms with Crippen LogP contribution in [0.3, 0.4) is 0 Å². The number of aliphatic hydroxyl groups excluding tert-OH is 1. The van der Waals surface area contributed by atoms with Crippen LogP contribution in [0.5, 0.6) is 0 Å². The summed E-state index contributed by atoms with van der Waals surface area (Å²) in [5.74, 6) is -0.795. The second-order valence-corrected chi connectivity index (χ2v) is 22.6. The minimum absolute atomic E-state index is 0.0697. The van der Waals surface area contributed by atoms with E-state index in [1.54, 1.807) is 0 Å². The Bertz CT molecular complexity index is 2400. The van der Waals surface area contributed by atoms with Gasteiger partial charge in [0.05, 0.1) is 64.0 Å². The number of unbranched alkanes of at least 4 members (excludes halogenated alkanes) is 11. The van der Waals surface area contributed by atoms with Crippen molar-refractivity contribution < 1.29 is 46.1 Å². The summed E-state index contributed by atoms with van der Waals surface area (Å²) in [6, 6.07) is 49.6. The second-order valence-electron chi connectivity index (χ2n) is 21.0. The van der Waals surface area contributed by atoms with Gasteiger partial charge in [0.1, 0.15) is 18.3 Å². The van der Waals surface area contributed by atoms with Crippen LogP contribution in [0.15, 0.2) is 152 Å². The molecule has 75 heavy (non-hydrogen) atoms. The van der Waals surface area contributed by atoms with Gasteiger partial charge in [0.15, 0.2) is 5.79 Å². The lowest BCUT2D eigenvalue weighted by Crippen LogP contribution is -2.57. The molecule has 11 nitrogen and oxygen atoms in total. The van der Waals surface area contributed by atoms with E-state index in [2.05, 4.69) is 31.2 Å². The van der Waals surface area contributed by atoms with E-state index in [1.807, 2.05) is 141 Å². The van der Waals surface area contributed by atoms with Crippen LogP contribution < -0.4 is 0 Å². The molecule has 2 heterocycles. The lowest BCUT2D eigenvalue weighted by atomic mass is 9.80. The first-order valence-electron chi connectivity index (χ1n) is 27.9. The number of hydrogen-bond acceptors (Lipinski definition) is 10. The molecule has 8 atom stereocenters. The zero-order valence-electron chi connectivity index (χ0n) is 44.9. The summed E-state index contributed by atoms with van der Waals surface area (Å²) >= 11 is 0. The Balaban J connectivity index is 0.000000221. The largest absolute Gasteiger partial charge is 0.390 e. The molecular formula is C63H85NO10S. The number of nitrogens with zero attached hydrogens (tertiary/aromatic N) is 1. The van der Waals surface area contributed by atoms with Crippen molar-refractivity contribution in [3.8, 4) is 0 Å². The summed E-state index contributed by atoms with van der Waals surface area (Å²) in [6.07, 6.45) is 14.6. The first-order valence-corrected chi connectivity index (χ1v) is 29.3. The topological polar surface area (TPSA) is 122 Å². The molecule has 0 spiro atoms. The Morgan fingerprint density at radius 1 is 0.547 bits per heavy atom. The Labute approximate surface area is 449 Å². The van der Waals surface area contributed by atoms with Crippen molar-refractivity contribution in [2.45, 2.75) is 192 Å². The summed E-state index contributed by atoms with van der Waals surface area (Å²) in [5, 5.41) is 11.4. The third-order valence-electron chi connectivity index (χ3n) is 14.5. The highest BCUT2D eigenvalue weighted by Crippen LogP contribution is 2.38. The molecule has 1 N–H and O–H groups in total. The molecule has 3 aliphatic rings. The maximum absolute atomic E-state index is 12.7. The third kappa shape index (κ3) is 19.3. The van der Waals surface area contributed by atoms with E-state index in [1.165, 1.54) is 74.9 Å². The second kappa shape index (κ2) is 31.2. The van der Waals surface area contributed by atoms with Crippen molar-refractivity contribution in [3.63, 3.8) is 0 Å². The average Bonchev–Trinajstić information content (AvgIpc) is 3.90. The van der Waals surface area contributed by atoms with Gasteiger partial charge in [-0.05, 0) is 54.5 Å². The normalized spacial score (nSPS) is 24.2. The first kappa shape index (κ1) is 58.4. The summed E-state index contributed by atoms with van der Waals surface area (Å²) in [6.45, 7) is 8.63. The molecule has 408 valence electrons. The van der Waals surface area contributed by atoms with E-state index in [4.69, 9.17) is 32.6 Å². The van der Waals surface area contributed by atoms with Gasteiger partial charge in [-0.3, -0.25) is 4.18 Å². The summed E-state index contributed by atoms with van der Waals surface area (Å²) in [4.78, 5) is 0. The van der Waals surface area contributed by atoms with Crippen LogP contribution in [-0.2, 0) is 75.9 Å². The zero-order chi connectivity index (χ0) is 52.6. The van der Waals surface area contributed by atoms with Gasteiger partial charge in [-0.1, -0.05) is 236 Å². The van der Waals surface area contributed by atoms with Gasteiger partial charge in [-0.15, -0.1) is 0 Å². The van der Waals surface area contributed by atoms with Crippen molar-refractivity contribution in [1.82, 2.24) is 4.31 Å². The van der Waals surface area contributed by atoms with E-state index in [9.17, 15) is 13.5 Å². The highest BCUT2D eigenvalue weighted by molar-refractivity contribution is 7.84. The molecule has 0 aromatic heterocycles. The van der Waals surface area contributed by atoms with Crippen LogP contribution in [0, 0.1) is 5.92 Å². The molecule has 2 saturated heterocycles. The van der Waals surface area contributed by atoms with E-state index >= 15 is 0 Å². The molecule has 12 heteroatoms. The molecule has 3 fully saturated rings. The Hall–Kier alpha value is -4.31. The summed E-state index contributed by atoms with van der Waals surface area (Å²) < 4.78 is 70.3. The van der Waals surface area contributed by atoms with Crippen LogP contribution in [0.1, 0.15) is 138 Å². The maximum atomic E-state index is 12.7. The molecule has 8 rings (SSSR count). The van der Waals surface area contributed by atoms with Gasteiger partial charge < -0.3 is 33.5 Å². The average molecular weight is 1050 g/mol. The Kier molecular flexibility index (Phi) is 24.3. The molecule has 5 aromatic carbocycles. The van der Waals surface area contributed by atoms with E-state index in [-0.39, 0.29) is 43.4 Å². The fraction of sp³-hybridized carbons (Fsp3) is 0.524. The number of aliphatic hydroxyl groups is 1. The quantitative estimate of drug-likeness (QED) is 0.0463. The lowest BCUT2D eigenvalue weighted by molar-refractivity contribution is -0.224. The van der Waals surface area contributed by atoms with Crippen LogP contribution >= 0.6 is 0 Å². The van der Waals surface area contributed by atoms with Crippen molar-refractivity contribution >= 4 is 10.3 Å². The predicted molar refractivity (Wildman–Crippen MR) is 295 cm³/mol. The molecular weight excluding hydrogens is 963 g/mol. The SMILES string of the molecule is CCCCCCCCCCCCCC[C@H]1OC(C)(C)O[C@H]1[C@@H]1COS(=O)(=O)N1Cc1ccccc1.O[C@H]1CC(COCc2ccccc2)[C@H](OCc2ccccc2)[C@H](OCc2ccccc2)C1OCc1ccccc1. The van der Waals surface area contributed by atoms with Gasteiger partial charge in [-0.2, -0.15) is 12.7 Å². The van der Waals surface area contributed by atoms with Crippen molar-refractivity contribution in [2.75, 3.05) is 13.2 Å². The molecule has 2 unspecified atom stereocenters. The minimum atomic E-state index is -3.78. The monoisotopic (exact) mass is 1050 g/mol. The van der Waals surface area contributed by atoms with Crippen LogP contribution in [0.25, 0.3) is 0 Å². The fourth-order valence-corrected chi connectivity index (χ4v) is 11.8. The van der Waals surface area contributed by atoms with Crippen LogP contribution in [0.2, 0.25) is 0 Å². The number of ether oxygens (including phenoxy) is 6. The van der Waals surface area contributed by atoms with Gasteiger partial charge >= 0.3 is 10.3 Å².